The minimum atomic E-state index is -0.749. The van der Waals surface area contributed by atoms with Crippen molar-refractivity contribution in [2.75, 3.05) is 0 Å². The number of pyridine rings is 3. The lowest BCUT2D eigenvalue weighted by molar-refractivity contribution is 0.587. The Morgan fingerprint density at radius 2 is 1.86 bits per heavy atom. The standard InChI is InChI=1S/C26H19FN8/c1-26(2,14-28)22-9-7-17(12-32-22)35-23-19-11-16(18-5-4-10-30-24(18)27)6-8-20(19)31-13-21(23)34(3)25(35)33-15-29/h4-13H,1-3H3. The molecule has 0 radical (unpaired) electrons. The lowest BCUT2D eigenvalue weighted by Gasteiger charge is -2.15. The summed E-state index contributed by atoms with van der Waals surface area (Å²) in [7, 11) is 1.80. The zero-order chi connectivity index (χ0) is 24.7. The third kappa shape index (κ3) is 3.51. The molecule has 4 heterocycles. The number of hydrogen-bond donors (Lipinski definition) is 0. The third-order valence-corrected chi connectivity index (χ3v) is 6.05. The second-order valence-electron chi connectivity index (χ2n) is 8.61. The Bertz CT molecular complexity index is 1760. The van der Waals surface area contributed by atoms with Gasteiger partial charge in [0.25, 0.3) is 0 Å². The van der Waals surface area contributed by atoms with Gasteiger partial charge < -0.3 is 4.57 Å². The zero-order valence-corrected chi connectivity index (χ0v) is 19.2. The Morgan fingerprint density at radius 1 is 1.03 bits per heavy atom. The summed E-state index contributed by atoms with van der Waals surface area (Å²) in [6.45, 7) is 3.60. The van der Waals surface area contributed by atoms with Crippen molar-refractivity contribution in [2.45, 2.75) is 19.3 Å². The summed E-state index contributed by atoms with van der Waals surface area (Å²) >= 11 is 0. The second-order valence-corrected chi connectivity index (χ2v) is 8.61. The van der Waals surface area contributed by atoms with Crippen molar-refractivity contribution in [3.8, 4) is 29.1 Å². The largest absolute Gasteiger partial charge is 0.311 e. The van der Waals surface area contributed by atoms with Gasteiger partial charge in [-0.2, -0.15) is 14.9 Å². The zero-order valence-electron chi connectivity index (χ0n) is 19.2. The summed E-state index contributed by atoms with van der Waals surface area (Å²) in [5.74, 6) is -0.562. The highest BCUT2D eigenvalue weighted by Gasteiger charge is 2.22. The number of fused-ring (bicyclic) bond motifs is 3. The fourth-order valence-corrected chi connectivity index (χ4v) is 4.13. The number of rotatable bonds is 3. The van der Waals surface area contributed by atoms with Crippen molar-refractivity contribution in [2.24, 2.45) is 12.0 Å². The number of imidazole rings is 1. The maximum atomic E-state index is 14.4. The van der Waals surface area contributed by atoms with E-state index in [2.05, 4.69) is 26.0 Å². The SMILES string of the molecule is Cn1c(=NC#N)n(-c2ccc(C(C)(C)C#N)nc2)c2c3cc(-c4cccnc4F)ccc3ncc21. The van der Waals surface area contributed by atoms with Crippen molar-refractivity contribution in [3.05, 3.63) is 78.3 Å². The predicted molar refractivity (Wildman–Crippen MR) is 128 cm³/mol. The van der Waals surface area contributed by atoms with Crippen LogP contribution >= 0.6 is 0 Å². The number of aromatic nitrogens is 5. The van der Waals surface area contributed by atoms with Gasteiger partial charge in [-0.3, -0.25) is 14.5 Å². The first-order valence-corrected chi connectivity index (χ1v) is 10.8. The lowest BCUT2D eigenvalue weighted by Crippen LogP contribution is -2.23. The second kappa shape index (κ2) is 8.15. The van der Waals surface area contributed by atoms with Crippen molar-refractivity contribution in [1.82, 2.24) is 24.1 Å². The van der Waals surface area contributed by atoms with Crippen molar-refractivity contribution >= 4 is 21.9 Å². The van der Waals surface area contributed by atoms with Gasteiger partial charge in [0, 0.05) is 24.2 Å². The van der Waals surface area contributed by atoms with Gasteiger partial charge in [-0.25, -0.2) is 4.98 Å². The van der Waals surface area contributed by atoms with Crippen LogP contribution < -0.4 is 5.62 Å². The molecule has 0 aliphatic rings. The average molecular weight is 462 g/mol. The number of nitrogens with zero attached hydrogens (tertiary/aromatic N) is 8. The van der Waals surface area contributed by atoms with Crippen LogP contribution in [0.3, 0.4) is 0 Å². The van der Waals surface area contributed by atoms with Crippen LogP contribution in [0.25, 0.3) is 38.8 Å². The first-order valence-electron chi connectivity index (χ1n) is 10.8. The fourth-order valence-electron chi connectivity index (χ4n) is 4.13. The number of aryl methyl sites for hydroxylation is 1. The molecule has 0 unspecified atom stereocenters. The molecule has 0 fully saturated rings. The van der Waals surface area contributed by atoms with Gasteiger partial charge in [-0.05, 0) is 55.8 Å². The molecule has 5 rings (SSSR count). The molecule has 4 aromatic heterocycles. The van der Waals surface area contributed by atoms with Crippen LogP contribution in [0.1, 0.15) is 19.5 Å². The molecule has 9 heteroatoms. The summed E-state index contributed by atoms with van der Waals surface area (Å²) in [5.41, 5.74) is 4.12. The fraction of sp³-hybridized carbons (Fsp3) is 0.154. The molecule has 1 aromatic carbocycles. The average Bonchev–Trinajstić information content (AvgIpc) is 3.16. The molecule has 0 spiro atoms. The van der Waals surface area contributed by atoms with Crippen LogP contribution in [-0.4, -0.2) is 24.1 Å². The molecule has 0 aliphatic carbocycles. The number of halogens is 1. The molecule has 0 bridgehead atoms. The van der Waals surface area contributed by atoms with E-state index in [1.54, 1.807) is 62.1 Å². The minimum absolute atomic E-state index is 0.376. The molecule has 0 amide bonds. The molecule has 0 saturated carbocycles. The Labute approximate surface area is 199 Å². The van der Waals surface area contributed by atoms with Crippen LogP contribution in [0.2, 0.25) is 0 Å². The molecule has 0 aliphatic heterocycles. The van der Waals surface area contributed by atoms with E-state index in [-0.39, 0.29) is 0 Å². The topological polar surface area (TPSA) is 108 Å². The smallest absolute Gasteiger partial charge is 0.226 e. The molecular weight excluding hydrogens is 443 g/mol. The quantitative estimate of drug-likeness (QED) is 0.293. The molecule has 170 valence electrons. The van der Waals surface area contributed by atoms with Crippen LogP contribution in [0.15, 0.2) is 66.0 Å². The van der Waals surface area contributed by atoms with Gasteiger partial charge >= 0.3 is 0 Å². The maximum absolute atomic E-state index is 14.4. The third-order valence-electron chi connectivity index (χ3n) is 6.05. The van der Waals surface area contributed by atoms with Crippen LogP contribution in [0.5, 0.6) is 0 Å². The van der Waals surface area contributed by atoms with E-state index in [1.807, 2.05) is 29.0 Å². The normalized spacial score (nSPS) is 12.1. The molecule has 0 saturated heterocycles. The van der Waals surface area contributed by atoms with E-state index < -0.39 is 11.4 Å². The van der Waals surface area contributed by atoms with Crippen LogP contribution in [0, 0.1) is 28.7 Å². The van der Waals surface area contributed by atoms with Gasteiger partial charge in [-0.1, -0.05) is 6.07 Å². The van der Waals surface area contributed by atoms with Crippen molar-refractivity contribution in [3.63, 3.8) is 0 Å². The molecule has 35 heavy (non-hydrogen) atoms. The molecule has 8 nitrogen and oxygen atoms in total. The summed E-state index contributed by atoms with van der Waals surface area (Å²) < 4.78 is 18.0. The molecule has 0 N–H and O–H groups in total. The highest BCUT2D eigenvalue weighted by molar-refractivity contribution is 6.04. The van der Waals surface area contributed by atoms with Crippen molar-refractivity contribution < 1.29 is 4.39 Å². The first kappa shape index (κ1) is 21.9. The molecule has 5 aromatic rings. The Morgan fingerprint density at radius 3 is 2.54 bits per heavy atom. The Hall–Kier alpha value is -4.89. The number of benzene rings is 1. The first-order chi connectivity index (χ1) is 16.9. The maximum Gasteiger partial charge on any atom is 0.226 e. The highest BCUT2D eigenvalue weighted by Crippen LogP contribution is 2.30. The Kier molecular flexibility index (Phi) is 5.11. The number of nitriles is 2. The highest BCUT2D eigenvalue weighted by atomic mass is 19.1. The Balaban J connectivity index is 1.86. The van der Waals surface area contributed by atoms with Gasteiger partial charge in [0.2, 0.25) is 17.8 Å². The minimum Gasteiger partial charge on any atom is -0.311 e. The molecular formula is C26H19FN8. The summed E-state index contributed by atoms with van der Waals surface area (Å²) in [4.78, 5) is 16.9. The van der Waals surface area contributed by atoms with E-state index >= 15 is 0 Å². The summed E-state index contributed by atoms with van der Waals surface area (Å²) in [6.07, 6.45) is 6.65. The van der Waals surface area contributed by atoms with Gasteiger partial charge in [0.15, 0.2) is 0 Å². The monoisotopic (exact) mass is 462 g/mol. The van der Waals surface area contributed by atoms with Gasteiger partial charge in [-0.15, -0.1) is 4.99 Å². The summed E-state index contributed by atoms with van der Waals surface area (Å²) in [6, 6.07) is 14.7. The predicted octanol–water partition coefficient (Wildman–Crippen LogP) is 4.30. The van der Waals surface area contributed by atoms with E-state index in [4.69, 9.17) is 0 Å². The van der Waals surface area contributed by atoms with E-state index in [0.717, 1.165) is 16.4 Å². The van der Waals surface area contributed by atoms with E-state index in [1.165, 1.54) is 6.20 Å². The van der Waals surface area contributed by atoms with Gasteiger partial charge in [0.05, 0.1) is 51.8 Å². The summed E-state index contributed by atoms with van der Waals surface area (Å²) in [5, 5.41) is 19.6. The van der Waals surface area contributed by atoms with Crippen molar-refractivity contribution in [1.29, 1.82) is 10.5 Å². The van der Waals surface area contributed by atoms with Crippen LogP contribution in [-0.2, 0) is 12.5 Å². The lowest BCUT2D eigenvalue weighted by atomic mass is 9.91. The molecule has 0 atom stereocenters. The van der Waals surface area contributed by atoms with Crippen LogP contribution in [0.4, 0.5) is 4.39 Å². The van der Waals surface area contributed by atoms with E-state index in [0.29, 0.717) is 33.6 Å². The van der Waals surface area contributed by atoms with Gasteiger partial charge in [0.1, 0.15) is 0 Å². The number of hydrogen-bond acceptors (Lipinski definition) is 6. The van der Waals surface area contributed by atoms with E-state index in [9.17, 15) is 14.9 Å².